The van der Waals surface area contributed by atoms with E-state index in [-0.39, 0.29) is 24.1 Å². The van der Waals surface area contributed by atoms with Gasteiger partial charge in [0.15, 0.2) is 6.61 Å². The van der Waals surface area contributed by atoms with Crippen molar-refractivity contribution in [3.8, 4) is 5.75 Å². The summed E-state index contributed by atoms with van der Waals surface area (Å²) < 4.78 is 5.54. The lowest BCUT2D eigenvalue weighted by atomic mass is 9.75. The first-order chi connectivity index (χ1) is 13.9. The van der Waals surface area contributed by atoms with Crippen LogP contribution < -0.4 is 10.1 Å². The van der Waals surface area contributed by atoms with Crippen LogP contribution in [-0.2, 0) is 11.2 Å². The van der Waals surface area contributed by atoms with Crippen LogP contribution in [0.25, 0.3) is 0 Å². The van der Waals surface area contributed by atoms with Gasteiger partial charge in [-0.15, -0.1) is 0 Å². The number of hydrogen-bond acceptors (Lipinski definition) is 3. The van der Waals surface area contributed by atoms with Crippen LogP contribution in [0, 0.1) is 0 Å². The number of rotatable bonds is 7. The van der Waals surface area contributed by atoms with Gasteiger partial charge in [-0.3, -0.25) is 4.79 Å². The van der Waals surface area contributed by atoms with Gasteiger partial charge in [0.2, 0.25) is 0 Å². The Morgan fingerprint density at radius 2 is 1.79 bits per heavy atom. The average Bonchev–Trinajstić information content (AvgIpc) is 2.69. The van der Waals surface area contributed by atoms with Crippen molar-refractivity contribution in [3.63, 3.8) is 0 Å². The summed E-state index contributed by atoms with van der Waals surface area (Å²) >= 11 is 12.0. The van der Waals surface area contributed by atoms with Gasteiger partial charge in [-0.1, -0.05) is 35.3 Å². The number of carbonyl (C=O) groups is 1. The third-order valence-electron chi connectivity index (χ3n) is 5.84. The molecule has 156 valence electrons. The summed E-state index contributed by atoms with van der Waals surface area (Å²) in [5.41, 5.74) is 1.34. The molecular weight excluding hydrogens is 407 g/mol. The van der Waals surface area contributed by atoms with Crippen molar-refractivity contribution in [2.75, 3.05) is 20.7 Å². The average molecular weight is 435 g/mol. The predicted octanol–water partition coefficient (Wildman–Crippen LogP) is 4.97. The molecule has 1 N–H and O–H groups in total. The van der Waals surface area contributed by atoms with Gasteiger partial charge < -0.3 is 15.0 Å². The minimum atomic E-state index is -0.0860. The molecule has 1 aliphatic rings. The molecule has 1 saturated carbocycles. The Morgan fingerprint density at radius 1 is 1.10 bits per heavy atom. The number of carbonyl (C=O) groups excluding carboxylic acids is 1. The van der Waals surface area contributed by atoms with E-state index < -0.39 is 0 Å². The Labute approximate surface area is 183 Å². The summed E-state index contributed by atoms with van der Waals surface area (Å²) in [7, 11) is 4.28. The third-order valence-corrected chi connectivity index (χ3v) is 6.32. The zero-order valence-electron chi connectivity index (χ0n) is 17.0. The van der Waals surface area contributed by atoms with E-state index in [9.17, 15) is 4.79 Å². The molecule has 0 aliphatic heterocycles. The molecular formula is C23H28Cl2N2O2. The fourth-order valence-corrected chi connectivity index (χ4v) is 4.40. The SMILES string of the molecule is CN(C)C1(Cc2cccc(Cl)c2)CCC(NC(=O)COc2ccc(Cl)cc2)CC1. The maximum absolute atomic E-state index is 12.3. The van der Waals surface area contributed by atoms with Gasteiger partial charge in [-0.25, -0.2) is 0 Å². The van der Waals surface area contributed by atoms with Gasteiger partial charge >= 0.3 is 0 Å². The van der Waals surface area contributed by atoms with Gasteiger partial charge in [-0.2, -0.15) is 0 Å². The predicted molar refractivity (Wildman–Crippen MR) is 119 cm³/mol. The van der Waals surface area contributed by atoms with Crippen molar-refractivity contribution in [3.05, 3.63) is 64.1 Å². The molecule has 0 unspecified atom stereocenters. The molecule has 1 fully saturated rings. The largest absolute Gasteiger partial charge is 0.484 e. The fraction of sp³-hybridized carbons (Fsp3) is 0.435. The van der Waals surface area contributed by atoms with E-state index in [0.29, 0.717) is 10.8 Å². The monoisotopic (exact) mass is 434 g/mol. The van der Waals surface area contributed by atoms with E-state index in [4.69, 9.17) is 27.9 Å². The fourth-order valence-electron chi connectivity index (χ4n) is 4.06. The van der Waals surface area contributed by atoms with Crippen LogP contribution in [0.3, 0.4) is 0 Å². The minimum Gasteiger partial charge on any atom is -0.484 e. The van der Waals surface area contributed by atoms with Crippen LogP contribution in [0.4, 0.5) is 0 Å². The second-order valence-electron chi connectivity index (χ2n) is 8.01. The molecule has 0 aromatic heterocycles. The van der Waals surface area contributed by atoms with Crippen LogP contribution in [0.15, 0.2) is 48.5 Å². The van der Waals surface area contributed by atoms with Crippen LogP contribution >= 0.6 is 23.2 Å². The lowest BCUT2D eigenvalue weighted by Gasteiger charge is -2.45. The zero-order chi connectivity index (χ0) is 20.9. The van der Waals surface area contributed by atoms with E-state index in [2.05, 4.69) is 36.4 Å². The Morgan fingerprint density at radius 3 is 2.41 bits per heavy atom. The molecule has 3 rings (SSSR count). The molecule has 0 radical (unpaired) electrons. The van der Waals surface area contributed by atoms with Crippen molar-refractivity contribution in [1.29, 1.82) is 0 Å². The standard InChI is InChI=1S/C23H28Cl2N2O2/c1-27(2)23(15-17-4-3-5-19(25)14-17)12-10-20(11-13-23)26-22(28)16-29-21-8-6-18(24)7-9-21/h3-9,14,20H,10-13,15-16H2,1-2H3,(H,26,28). The van der Waals surface area contributed by atoms with E-state index in [1.807, 2.05) is 12.1 Å². The topological polar surface area (TPSA) is 41.6 Å². The van der Waals surface area contributed by atoms with E-state index in [0.717, 1.165) is 37.1 Å². The normalized spacial score (nSPS) is 21.8. The van der Waals surface area contributed by atoms with Crippen LogP contribution in [0.2, 0.25) is 10.0 Å². The third kappa shape index (κ3) is 6.11. The molecule has 2 aromatic rings. The number of halogens is 2. The number of nitrogens with zero attached hydrogens (tertiary/aromatic N) is 1. The molecule has 1 aliphatic carbocycles. The van der Waals surface area contributed by atoms with Crippen molar-refractivity contribution < 1.29 is 9.53 Å². The first kappa shape index (κ1) is 21.9. The molecule has 0 saturated heterocycles. The maximum atomic E-state index is 12.3. The summed E-state index contributed by atoms with van der Waals surface area (Å²) in [6.07, 6.45) is 4.91. The first-order valence-electron chi connectivity index (χ1n) is 9.96. The molecule has 4 nitrogen and oxygen atoms in total. The first-order valence-corrected chi connectivity index (χ1v) is 10.7. The summed E-state index contributed by atoms with van der Waals surface area (Å²) in [5, 5.41) is 4.54. The van der Waals surface area contributed by atoms with E-state index in [1.54, 1.807) is 24.3 Å². The summed E-state index contributed by atoms with van der Waals surface area (Å²) in [4.78, 5) is 14.6. The van der Waals surface area contributed by atoms with Crippen LogP contribution in [-0.4, -0.2) is 43.1 Å². The molecule has 29 heavy (non-hydrogen) atoms. The molecule has 0 bridgehead atoms. The Bertz CT molecular complexity index is 816. The lowest BCUT2D eigenvalue weighted by Crippen LogP contribution is -2.52. The summed E-state index contributed by atoms with van der Waals surface area (Å²) in [5.74, 6) is 0.554. The smallest absolute Gasteiger partial charge is 0.258 e. The highest BCUT2D eigenvalue weighted by molar-refractivity contribution is 6.30. The van der Waals surface area contributed by atoms with E-state index in [1.165, 1.54) is 5.56 Å². The Kier molecular flexibility index (Phi) is 7.44. The Balaban J connectivity index is 1.51. The second-order valence-corrected chi connectivity index (χ2v) is 8.88. The number of amides is 1. The number of nitrogens with one attached hydrogen (secondary N) is 1. The number of ether oxygens (including phenoxy) is 1. The van der Waals surface area contributed by atoms with Crippen LogP contribution in [0.5, 0.6) is 5.75 Å². The van der Waals surface area contributed by atoms with Crippen LogP contribution in [0.1, 0.15) is 31.2 Å². The molecule has 6 heteroatoms. The lowest BCUT2D eigenvalue weighted by molar-refractivity contribution is -0.124. The molecule has 0 atom stereocenters. The molecule has 1 amide bonds. The summed E-state index contributed by atoms with van der Waals surface area (Å²) in [6, 6.07) is 15.3. The van der Waals surface area contributed by atoms with Gasteiger partial charge in [0, 0.05) is 21.6 Å². The number of hydrogen-bond donors (Lipinski definition) is 1. The second kappa shape index (κ2) is 9.84. The van der Waals surface area contributed by atoms with Crippen molar-refractivity contribution in [1.82, 2.24) is 10.2 Å². The summed E-state index contributed by atoms with van der Waals surface area (Å²) in [6.45, 7) is 0.0134. The highest BCUT2D eigenvalue weighted by atomic mass is 35.5. The molecule has 0 spiro atoms. The van der Waals surface area contributed by atoms with Gasteiger partial charge in [0.05, 0.1) is 0 Å². The molecule has 2 aromatic carbocycles. The van der Waals surface area contributed by atoms with Gasteiger partial charge in [0.1, 0.15) is 5.75 Å². The highest BCUT2D eigenvalue weighted by Crippen LogP contribution is 2.35. The molecule has 0 heterocycles. The van der Waals surface area contributed by atoms with Crippen molar-refractivity contribution in [2.45, 2.75) is 43.7 Å². The van der Waals surface area contributed by atoms with Crippen molar-refractivity contribution in [2.24, 2.45) is 0 Å². The van der Waals surface area contributed by atoms with Gasteiger partial charge in [-0.05, 0) is 88.2 Å². The minimum absolute atomic E-state index is 0.0134. The van der Waals surface area contributed by atoms with Crippen molar-refractivity contribution >= 4 is 29.1 Å². The number of likely N-dealkylation sites (N-methyl/N-ethyl adjacent to an activating group) is 1. The van der Waals surface area contributed by atoms with Gasteiger partial charge in [0.25, 0.3) is 5.91 Å². The highest BCUT2D eigenvalue weighted by Gasteiger charge is 2.37. The quantitative estimate of drug-likeness (QED) is 0.668. The Hall–Kier alpha value is -1.75. The van der Waals surface area contributed by atoms with E-state index >= 15 is 0 Å². The number of benzene rings is 2. The maximum Gasteiger partial charge on any atom is 0.258 e. The zero-order valence-corrected chi connectivity index (χ0v) is 18.5.